The second-order valence-corrected chi connectivity index (χ2v) is 5.81. The van der Waals surface area contributed by atoms with E-state index in [0.717, 1.165) is 25.7 Å². The van der Waals surface area contributed by atoms with E-state index in [4.69, 9.17) is 14.2 Å². The van der Waals surface area contributed by atoms with Crippen molar-refractivity contribution in [1.29, 1.82) is 0 Å². The van der Waals surface area contributed by atoms with Gasteiger partial charge in [0, 0.05) is 12.8 Å². The zero-order valence-electron chi connectivity index (χ0n) is 12.2. The van der Waals surface area contributed by atoms with Crippen LogP contribution in [-0.4, -0.2) is 35.1 Å². The molecule has 1 saturated carbocycles. The molecule has 1 N–H and O–H groups in total. The molecule has 0 unspecified atom stereocenters. The van der Waals surface area contributed by atoms with Gasteiger partial charge < -0.3 is 19.2 Å². The zero-order chi connectivity index (χ0) is 15.0. The Morgan fingerprint density at radius 2 is 2.00 bits per heavy atom. The number of H-pyrrole nitrogens is 1. The van der Waals surface area contributed by atoms with Crippen LogP contribution < -0.4 is 10.3 Å². The van der Waals surface area contributed by atoms with E-state index >= 15 is 0 Å². The molecule has 2 aliphatic rings. The van der Waals surface area contributed by atoms with E-state index in [9.17, 15) is 4.79 Å². The van der Waals surface area contributed by atoms with Gasteiger partial charge in [-0.1, -0.05) is 6.07 Å². The van der Waals surface area contributed by atoms with Crippen molar-refractivity contribution in [2.24, 2.45) is 0 Å². The number of benzene rings is 1. The van der Waals surface area contributed by atoms with Crippen LogP contribution in [0.25, 0.3) is 10.9 Å². The minimum absolute atomic E-state index is 0.0728. The van der Waals surface area contributed by atoms with E-state index in [1.807, 2.05) is 18.2 Å². The minimum atomic E-state index is -0.391. The van der Waals surface area contributed by atoms with E-state index in [2.05, 4.69) is 9.97 Å². The zero-order valence-corrected chi connectivity index (χ0v) is 12.2. The molecule has 2 aromatic rings. The molecule has 6 nitrogen and oxygen atoms in total. The lowest BCUT2D eigenvalue weighted by Gasteiger charge is -2.35. The van der Waals surface area contributed by atoms with Crippen LogP contribution in [0.3, 0.4) is 0 Å². The molecule has 1 aliphatic heterocycles. The SMILES string of the molecule is O=c1[nH]cnc2cccc(OC3CCC4(CC3)OCCO4)c12. The standard InChI is InChI=1S/C16H18N2O4/c19-15-14-12(17-10-18-15)2-1-3-13(14)22-11-4-6-16(7-5-11)20-8-9-21-16/h1-3,10-11H,4-9H2,(H,17,18,19). The summed E-state index contributed by atoms with van der Waals surface area (Å²) in [6, 6.07) is 5.50. The summed E-state index contributed by atoms with van der Waals surface area (Å²) in [5.41, 5.74) is 0.478. The molecular weight excluding hydrogens is 284 g/mol. The summed E-state index contributed by atoms with van der Waals surface area (Å²) in [5, 5.41) is 0.513. The van der Waals surface area contributed by atoms with Gasteiger partial charge in [-0.25, -0.2) is 4.98 Å². The van der Waals surface area contributed by atoms with E-state index in [0.29, 0.717) is 29.9 Å². The predicted octanol–water partition coefficient (Wildman–Crippen LogP) is 1.99. The Kier molecular flexibility index (Phi) is 3.35. The third-order valence-corrected chi connectivity index (χ3v) is 4.43. The van der Waals surface area contributed by atoms with Crippen LogP contribution in [0.4, 0.5) is 0 Å². The van der Waals surface area contributed by atoms with Gasteiger partial charge in [0.15, 0.2) is 5.79 Å². The van der Waals surface area contributed by atoms with Crippen molar-refractivity contribution in [3.63, 3.8) is 0 Å². The maximum Gasteiger partial charge on any atom is 0.262 e. The number of hydrogen-bond donors (Lipinski definition) is 1. The van der Waals surface area contributed by atoms with Crippen molar-refractivity contribution in [3.8, 4) is 5.75 Å². The molecule has 4 rings (SSSR count). The third kappa shape index (κ3) is 2.38. The fraction of sp³-hybridized carbons (Fsp3) is 0.500. The van der Waals surface area contributed by atoms with Crippen LogP contribution in [0.2, 0.25) is 0 Å². The number of aromatic amines is 1. The van der Waals surface area contributed by atoms with Gasteiger partial charge in [-0.05, 0) is 25.0 Å². The average molecular weight is 302 g/mol. The van der Waals surface area contributed by atoms with Crippen molar-refractivity contribution in [2.45, 2.75) is 37.6 Å². The summed E-state index contributed by atoms with van der Waals surface area (Å²) < 4.78 is 17.5. The number of nitrogens with zero attached hydrogens (tertiary/aromatic N) is 1. The molecule has 1 spiro atoms. The van der Waals surface area contributed by atoms with Gasteiger partial charge in [0.1, 0.15) is 11.1 Å². The van der Waals surface area contributed by atoms with Crippen molar-refractivity contribution < 1.29 is 14.2 Å². The summed E-state index contributed by atoms with van der Waals surface area (Å²) >= 11 is 0. The first-order valence-corrected chi connectivity index (χ1v) is 7.67. The largest absolute Gasteiger partial charge is 0.490 e. The average Bonchev–Trinajstić information content (AvgIpc) is 2.99. The Bertz CT molecular complexity index is 721. The summed E-state index contributed by atoms with van der Waals surface area (Å²) in [5.74, 6) is 0.207. The second kappa shape index (κ2) is 5.37. The van der Waals surface area contributed by atoms with Crippen LogP contribution >= 0.6 is 0 Å². The number of aromatic nitrogens is 2. The molecule has 1 aromatic heterocycles. The molecule has 1 aromatic carbocycles. The van der Waals surface area contributed by atoms with Crippen molar-refractivity contribution in [3.05, 3.63) is 34.9 Å². The monoisotopic (exact) mass is 302 g/mol. The number of fused-ring (bicyclic) bond motifs is 1. The lowest BCUT2D eigenvalue weighted by atomic mass is 9.91. The van der Waals surface area contributed by atoms with Crippen LogP contribution in [0.15, 0.2) is 29.3 Å². The maximum atomic E-state index is 12.0. The van der Waals surface area contributed by atoms with Gasteiger partial charge in [0.05, 0.1) is 31.2 Å². The molecule has 0 atom stereocenters. The molecule has 116 valence electrons. The molecule has 1 saturated heterocycles. The molecule has 1 aliphatic carbocycles. The molecule has 0 bridgehead atoms. The quantitative estimate of drug-likeness (QED) is 0.918. The van der Waals surface area contributed by atoms with E-state index < -0.39 is 5.79 Å². The van der Waals surface area contributed by atoms with Gasteiger partial charge in [0.2, 0.25) is 0 Å². The van der Waals surface area contributed by atoms with E-state index in [-0.39, 0.29) is 11.7 Å². The molecular formula is C16H18N2O4. The van der Waals surface area contributed by atoms with E-state index in [1.54, 1.807) is 0 Å². The topological polar surface area (TPSA) is 73.4 Å². The Morgan fingerprint density at radius 1 is 1.23 bits per heavy atom. The Morgan fingerprint density at radius 3 is 2.77 bits per heavy atom. The summed E-state index contributed by atoms with van der Waals surface area (Å²) in [6.45, 7) is 1.35. The first-order chi connectivity index (χ1) is 10.8. The highest BCUT2D eigenvalue weighted by Gasteiger charge is 2.40. The Balaban J connectivity index is 1.54. The third-order valence-electron chi connectivity index (χ3n) is 4.43. The molecule has 2 heterocycles. The summed E-state index contributed by atoms with van der Waals surface area (Å²) in [6.07, 6.45) is 4.86. The number of hydrogen-bond acceptors (Lipinski definition) is 5. The van der Waals surface area contributed by atoms with Gasteiger partial charge in [0.25, 0.3) is 5.56 Å². The Hall–Kier alpha value is -1.92. The van der Waals surface area contributed by atoms with Crippen molar-refractivity contribution in [2.75, 3.05) is 13.2 Å². The van der Waals surface area contributed by atoms with Gasteiger partial charge in [-0.3, -0.25) is 4.79 Å². The lowest BCUT2D eigenvalue weighted by Crippen LogP contribution is -2.38. The summed E-state index contributed by atoms with van der Waals surface area (Å²) in [7, 11) is 0. The summed E-state index contributed by atoms with van der Waals surface area (Å²) in [4.78, 5) is 18.8. The van der Waals surface area contributed by atoms with Crippen LogP contribution in [0.5, 0.6) is 5.75 Å². The number of rotatable bonds is 2. The van der Waals surface area contributed by atoms with Gasteiger partial charge in [-0.2, -0.15) is 0 Å². The van der Waals surface area contributed by atoms with Crippen molar-refractivity contribution >= 4 is 10.9 Å². The highest BCUT2D eigenvalue weighted by molar-refractivity contribution is 5.83. The van der Waals surface area contributed by atoms with Gasteiger partial charge >= 0.3 is 0 Å². The normalized spacial score (nSPS) is 21.5. The minimum Gasteiger partial charge on any atom is -0.490 e. The predicted molar refractivity (Wildman–Crippen MR) is 79.9 cm³/mol. The lowest BCUT2D eigenvalue weighted by molar-refractivity contribution is -0.185. The van der Waals surface area contributed by atoms with Crippen LogP contribution in [0, 0.1) is 0 Å². The maximum absolute atomic E-state index is 12.0. The first kappa shape index (κ1) is 13.7. The smallest absolute Gasteiger partial charge is 0.262 e. The van der Waals surface area contributed by atoms with Crippen molar-refractivity contribution in [1.82, 2.24) is 9.97 Å². The fourth-order valence-corrected chi connectivity index (χ4v) is 3.30. The first-order valence-electron chi connectivity index (χ1n) is 7.67. The van der Waals surface area contributed by atoms with Crippen LogP contribution in [0.1, 0.15) is 25.7 Å². The molecule has 0 amide bonds. The number of ether oxygens (including phenoxy) is 3. The molecule has 0 radical (unpaired) electrons. The Labute approximate surface area is 127 Å². The molecule has 2 fully saturated rings. The van der Waals surface area contributed by atoms with Gasteiger partial charge in [-0.15, -0.1) is 0 Å². The molecule has 6 heteroatoms. The molecule has 22 heavy (non-hydrogen) atoms. The number of nitrogens with one attached hydrogen (secondary N) is 1. The fourth-order valence-electron chi connectivity index (χ4n) is 3.30. The second-order valence-electron chi connectivity index (χ2n) is 5.81. The highest BCUT2D eigenvalue weighted by Crippen LogP contribution is 2.37. The van der Waals surface area contributed by atoms with E-state index in [1.165, 1.54) is 6.33 Å². The highest BCUT2D eigenvalue weighted by atomic mass is 16.7. The van der Waals surface area contributed by atoms with Crippen LogP contribution in [-0.2, 0) is 9.47 Å².